The van der Waals surface area contributed by atoms with Crippen LogP contribution in [0.2, 0.25) is 0 Å². The zero-order valence-corrected chi connectivity index (χ0v) is 9.54. The van der Waals surface area contributed by atoms with Crippen molar-refractivity contribution in [2.24, 2.45) is 11.8 Å². The molecule has 0 heterocycles. The van der Waals surface area contributed by atoms with E-state index in [1.807, 2.05) is 6.92 Å². The van der Waals surface area contributed by atoms with E-state index in [9.17, 15) is 18.4 Å². The number of carboxylic acids is 1. The van der Waals surface area contributed by atoms with Gasteiger partial charge in [0.1, 0.15) is 11.6 Å². The van der Waals surface area contributed by atoms with Crippen LogP contribution in [0.5, 0.6) is 0 Å². The SMILES string of the molecule is CC1CC1C(=O)Nc1cc(C(=O)O)c(F)cc1F. The molecule has 0 aliphatic heterocycles. The summed E-state index contributed by atoms with van der Waals surface area (Å²) in [5, 5.41) is 11.0. The van der Waals surface area contributed by atoms with Crippen LogP contribution in [0.1, 0.15) is 23.7 Å². The third kappa shape index (κ3) is 2.32. The minimum atomic E-state index is -1.51. The van der Waals surface area contributed by atoms with Crippen LogP contribution in [-0.4, -0.2) is 17.0 Å². The molecule has 1 amide bonds. The number of carboxylic acid groups (broad SMARTS) is 1. The Morgan fingerprint density at radius 1 is 1.33 bits per heavy atom. The first-order chi connectivity index (χ1) is 8.40. The van der Waals surface area contributed by atoms with E-state index >= 15 is 0 Å². The van der Waals surface area contributed by atoms with Crippen molar-refractivity contribution in [1.29, 1.82) is 0 Å². The van der Waals surface area contributed by atoms with Crippen LogP contribution in [-0.2, 0) is 4.79 Å². The maximum absolute atomic E-state index is 13.4. The highest BCUT2D eigenvalue weighted by molar-refractivity contribution is 5.96. The first-order valence-corrected chi connectivity index (χ1v) is 5.43. The van der Waals surface area contributed by atoms with Crippen molar-refractivity contribution in [3.05, 3.63) is 29.3 Å². The number of amides is 1. The molecule has 2 rings (SSSR count). The minimum absolute atomic E-state index is 0.178. The molecular weight excluding hydrogens is 244 g/mol. The van der Waals surface area contributed by atoms with Crippen molar-refractivity contribution in [2.45, 2.75) is 13.3 Å². The van der Waals surface area contributed by atoms with Crippen molar-refractivity contribution in [3.63, 3.8) is 0 Å². The van der Waals surface area contributed by atoms with Crippen LogP contribution in [0, 0.1) is 23.5 Å². The second kappa shape index (κ2) is 4.36. The summed E-state index contributed by atoms with van der Waals surface area (Å²) in [7, 11) is 0. The molecule has 18 heavy (non-hydrogen) atoms. The zero-order chi connectivity index (χ0) is 13.4. The van der Waals surface area contributed by atoms with Gasteiger partial charge in [-0.25, -0.2) is 13.6 Å². The molecule has 2 N–H and O–H groups in total. The van der Waals surface area contributed by atoms with Gasteiger partial charge in [0.05, 0.1) is 11.3 Å². The summed E-state index contributed by atoms with van der Waals surface area (Å²) in [6.45, 7) is 1.88. The van der Waals surface area contributed by atoms with Crippen LogP contribution in [0.25, 0.3) is 0 Å². The predicted molar refractivity (Wildman–Crippen MR) is 59.2 cm³/mol. The smallest absolute Gasteiger partial charge is 0.338 e. The number of rotatable bonds is 3. The van der Waals surface area contributed by atoms with E-state index in [1.165, 1.54) is 0 Å². The van der Waals surface area contributed by atoms with Gasteiger partial charge in [0.25, 0.3) is 0 Å². The van der Waals surface area contributed by atoms with Gasteiger partial charge >= 0.3 is 5.97 Å². The second-order valence-corrected chi connectivity index (χ2v) is 4.43. The Bertz CT molecular complexity index is 530. The zero-order valence-electron chi connectivity index (χ0n) is 9.54. The van der Waals surface area contributed by atoms with Gasteiger partial charge < -0.3 is 10.4 Å². The standard InChI is InChI=1S/C12H11F2NO3/c1-5-2-6(5)11(16)15-10-3-7(12(17)18)8(13)4-9(10)14/h3-6H,2H2,1H3,(H,15,16)(H,17,18). The van der Waals surface area contributed by atoms with Crippen molar-refractivity contribution in [1.82, 2.24) is 0 Å². The third-order valence-electron chi connectivity index (χ3n) is 2.99. The monoisotopic (exact) mass is 255 g/mol. The lowest BCUT2D eigenvalue weighted by molar-refractivity contribution is -0.117. The molecule has 0 bridgehead atoms. The molecule has 1 aliphatic rings. The molecule has 2 unspecified atom stereocenters. The summed E-state index contributed by atoms with van der Waals surface area (Å²) < 4.78 is 26.5. The number of aromatic carboxylic acids is 1. The number of benzene rings is 1. The van der Waals surface area contributed by atoms with Gasteiger partial charge in [-0.15, -0.1) is 0 Å². The lowest BCUT2D eigenvalue weighted by atomic mass is 10.1. The topological polar surface area (TPSA) is 66.4 Å². The van der Waals surface area contributed by atoms with E-state index in [-0.39, 0.29) is 23.4 Å². The molecule has 1 saturated carbocycles. The van der Waals surface area contributed by atoms with Gasteiger partial charge in [0.2, 0.25) is 5.91 Å². The number of carbonyl (C=O) groups excluding carboxylic acids is 1. The average molecular weight is 255 g/mol. The number of carbonyl (C=O) groups is 2. The van der Waals surface area contributed by atoms with Gasteiger partial charge in [0.15, 0.2) is 0 Å². The van der Waals surface area contributed by atoms with E-state index in [2.05, 4.69) is 5.32 Å². The summed E-state index contributed by atoms with van der Waals surface area (Å²) >= 11 is 0. The number of anilines is 1. The van der Waals surface area contributed by atoms with Gasteiger partial charge in [-0.1, -0.05) is 6.92 Å². The van der Waals surface area contributed by atoms with E-state index < -0.39 is 23.2 Å². The van der Waals surface area contributed by atoms with E-state index in [0.29, 0.717) is 6.07 Å². The van der Waals surface area contributed by atoms with Crippen LogP contribution in [0.4, 0.5) is 14.5 Å². The van der Waals surface area contributed by atoms with Gasteiger partial charge in [-0.05, 0) is 18.4 Å². The summed E-state index contributed by atoms with van der Waals surface area (Å²) in [6, 6.07) is 1.24. The first-order valence-electron chi connectivity index (χ1n) is 5.43. The molecule has 2 atom stereocenters. The number of nitrogens with one attached hydrogen (secondary N) is 1. The Kier molecular flexibility index (Phi) is 3.02. The summed E-state index contributed by atoms with van der Waals surface area (Å²) in [4.78, 5) is 22.3. The molecule has 0 spiro atoms. The molecule has 1 aromatic carbocycles. The Balaban J connectivity index is 2.24. The molecule has 0 saturated heterocycles. The maximum Gasteiger partial charge on any atom is 0.338 e. The Labute approximate surface area is 102 Å². The van der Waals surface area contributed by atoms with Crippen LogP contribution >= 0.6 is 0 Å². The maximum atomic E-state index is 13.4. The number of hydrogen-bond donors (Lipinski definition) is 2. The van der Waals surface area contributed by atoms with Gasteiger partial charge in [0, 0.05) is 12.0 Å². The fraction of sp³-hybridized carbons (Fsp3) is 0.333. The van der Waals surface area contributed by atoms with Crippen molar-refractivity contribution in [2.75, 3.05) is 5.32 Å². The average Bonchev–Trinajstić information content (AvgIpc) is 2.99. The minimum Gasteiger partial charge on any atom is -0.478 e. The molecular formula is C12H11F2NO3. The van der Waals surface area contributed by atoms with Gasteiger partial charge in [-0.2, -0.15) is 0 Å². The van der Waals surface area contributed by atoms with E-state index in [0.717, 1.165) is 12.5 Å². The van der Waals surface area contributed by atoms with E-state index in [4.69, 9.17) is 5.11 Å². The van der Waals surface area contributed by atoms with Crippen LogP contribution in [0.15, 0.2) is 12.1 Å². The molecule has 6 heteroatoms. The lowest BCUT2D eigenvalue weighted by Crippen LogP contribution is -2.16. The Hall–Kier alpha value is -1.98. The molecule has 1 aliphatic carbocycles. The van der Waals surface area contributed by atoms with Crippen molar-refractivity contribution in [3.8, 4) is 0 Å². The van der Waals surface area contributed by atoms with E-state index in [1.54, 1.807) is 0 Å². The fourth-order valence-electron chi connectivity index (χ4n) is 1.72. The highest BCUT2D eigenvalue weighted by Gasteiger charge is 2.39. The van der Waals surface area contributed by atoms with Crippen LogP contribution in [0.3, 0.4) is 0 Å². The number of hydrogen-bond acceptors (Lipinski definition) is 2. The molecule has 0 aromatic heterocycles. The summed E-state index contributed by atoms with van der Waals surface area (Å²) in [5.41, 5.74) is -0.978. The van der Waals surface area contributed by atoms with Crippen molar-refractivity contribution >= 4 is 17.6 Å². The first kappa shape index (κ1) is 12.5. The molecule has 0 radical (unpaired) electrons. The predicted octanol–water partition coefficient (Wildman–Crippen LogP) is 2.26. The Morgan fingerprint density at radius 3 is 2.44 bits per heavy atom. The molecule has 96 valence electrons. The molecule has 1 fully saturated rings. The second-order valence-electron chi connectivity index (χ2n) is 4.43. The summed E-state index contributed by atoms with van der Waals surface area (Å²) in [6.07, 6.45) is 0.723. The molecule has 4 nitrogen and oxygen atoms in total. The lowest BCUT2D eigenvalue weighted by Gasteiger charge is -2.07. The van der Waals surface area contributed by atoms with Crippen molar-refractivity contribution < 1.29 is 23.5 Å². The molecule has 1 aromatic rings. The fourth-order valence-corrected chi connectivity index (χ4v) is 1.72. The van der Waals surface area contributed by atoms with Gasteiger partial charge in [-0.3, -0.25) is 4.79 Å². The Morgan fingerprint density at radius 2 is 1.94 bits per heavy atom. The quantitative estimate of drug-likeness (QED) is 0.870. The highest BCUT2D eigenvalue weighted by atomic mass is 19.1. The largest absolute Gasteiger partial charge is 0.478 e. The summed E-state index contributed by atoms with van der Waals surface area (Å²) in [5.74, 6) is -3.97. The number of halogens is 2. The third-order valence-corrected chi connectivity index (χ3v) is 2.99. The normalized spacial score (nSPS) is 21.5. The highest BCUT2D eigenvalue weighted by Crippen LogP contribution is 2.38. The van der Waals surface area contributed by atoms with Crippen LogP contribution < -0.4 is 5.32 Å².